The summed E-state index contributed by atoms with van der Waals surface area (Å²) in [5.41, 5.74) is 1.80. The molecule has 0 amide bonds. The molecule has 0 aliphatic heterocycles. The summed E-state index contributed by atoms with van der Waals surface area (Å²) >= 11 is 17.8. The Hall–Kier alpha value is -1.22. The molecule has 19 heavy (non-hydrogen) atoms. The van der Waals surface area contributed by atoms with Gasteiger partial charge in [0, 0.05) is 21.8 Å². The van der Waals surface area contributed by atoms with Crippen molar-refractivity contribution in [3.05, 3.63) is 56.5 Å². The summed E-state index contributed by atoms with van der Waals surface area (Å²) in [7, 11) is 0. The Balaban J connectivity index is 2.38. The largest absolute Gasteiger partial charge is 0.507 e. The van der Waals surface area contributed by atoms with E-state index in [-0.39, 0.29) is 5.75 Å². The van der Waals surface area contributed by atoms with Gasteiger partial charge in [-0.2, -0.15) is 0 Å². The highest BCUT2D eigenvalue weighted by molar-refractivity contribution is 6.36. The van der Waals surface area contributed by atoms with Crippen molar-refractivity contribution >= 4 is 46.7 Å². The molecule has 0 aromatic heterocycles. The third-order valence-corrected chi connectivity index (χ3v) is 3.30. The maximum Gasteiger partial charge on any atom is 0.127 e. The average molecular weight is 315 g/mol. The lowest BCUT2D eigenvalue weighted by molar-refractivity contribution is 0.470. The third-order valence-electron chi connectivity index (χ3n) is 2.55. The lowest BCUT2D eigenvalue weighted by atomic mass is 10.1. The van der Waals surface area contributed by atoms with Crippen molar-refractivity contribution in [3.8, 4) is 5.75 Å². The zero-order chi connectivity index (χ0) is 14.0. The molecular formula is C14H10Cl3NO. The maximum atomic E-state index is 9.91. The van der Waals surface area contributed by atoms with E-state index in [1.807, 2.05) is 0 Å². The van der Waals surface area contributed by atoms with Crippen LogP contribution in [0, 0.1) is 6.92 Å². The van der Waals surface area contributed by atoms with Crippen LogP contribution in [0.2, 0.25) is 15.1 Å². The number of rotatable bonds is 2. The van der Waals surface area contributed by atoms with Crippen molar-refractivity contribution in [1.82, 2.24) is 0 Å². The van der Waals surface area contributed by atoms with Crippen LogP contribution in [0.5, 0.6) is 5.75 Å². The summed E-state index contributed by atoms with van der Waals surface area (Å²) in [6.45, 7) is 1.77. The van der Waals surface area contributed by atoms with Crippen molar-refractivity contribution in [1.29, 1.82) is 0 Å². The summed E-state index contributed by atoms with van der Waals surface area (Å²) in [6.07, 6.45) is 1.52. The standard InChI is InChI=1S/C14H10Cl3NO/c1-8-4-11(16)5-9(14(8)19)7-18-13-3-2-10(15)6-12(13)17/h2-7,19H,1H3/b18-7+. The molecule has 0 aliphatic rings. The molecule has 0 atom stereocenters. The van der Waals surface area contributed by atoms with Crippen LogP contribution in [0.25, 0.3) is 0 Å². The Morgan fingerprint density at radius 1 is 1.05 bits per heavy atom. The van der Waals surface area contributed by atoms with Crippen molar-refractivity contribution < 1.29 is 5.11 Å². The minimum absolute atomic E-state index is 0.151. The molecule has 0 saturated heterocycles. The zero-order valence-corrected chi connectivity index (χ0v) is 12.3. The van der Waals surface area contributed by atoms with Crippen LogP contribution in [0.15, 0.2) is 35.3 Å². The topological polar surface area (TPSA) is 32.6 Å². The summed E-state index contributed by atoms with van der Waals surface area (Å²) in [5.74, 6) is 0.151. The Morgan fingerprint density at radius 3 is 2.47 bits per heavy atom. The number of nitrogens with zero attached hydrogens (tertiary/aromatic N) is 1. The summed E-state index contributed by atoms with van der Waals surface area (Å²) in [5, 5.41) is 11.4. The first-order valence-corrected chi connectivity index (χ1v) is 6.59. The molecule has 2 aromatic rings. The van der Waals surface area contributed by atoms with Crippen molar-refractivity contribution in [2.75, 3.05) is 0 Å². The molecule has 0 bridgehead atoms. The maximum absolute atomic E-state index is 9.91. The lowest BCUT2D eigenvalue weighted by Gasteiger charge is -2.04. The van der Waals surface area contributed by atoms with E-state index in [0.29, 0.717) is 31.9 Å². The van der Waals surface area contributed by atoms with Gasteiger partial charge >= 0.3 is 0 Å². The van der Waals surface area contributed by atoms with Gasteiger partial charge in [-0.1, -0.05) is 34.8 Å². The molecule has 98 valence electrons. The second-order valence-corrected chi connectivity index (χ2v) is 5.29. The van der Waals surface area contributed by atoms with Gasteiger partial charge < -0.3 is 5.11 Å². The summed E-state index contributed by atoms with van der Waals surface area (Å²) in [6, 6.07) is 8.33. The third kappa shape index (κ3) is 3.41. The number of benzene rings is 2. The molecule has 0 radical (unpaired) electrons. The SMILES string of the molecule is Cc1cc(Cl)cc(/C=N/c2ccc(Cl)cc2Cl)c1O. The van der Waals surface area contributed by atoms with Gasteiger partial charge in [0.1, 0.15) is 5.75 Å². The molecule has 0 unspecified atom stereocenters. The van der Waals surface area contributed by atoms with E-state index in [0.717, 1.165) is 0 Å². The van der Waals surface area contributed by atoms with Gasteiger partial charge in [0.15, 0.2) is 0 Å². The van der Waals surface area contributed by atoms with Gasteiger partial charge in [0.2, 0.25) is 0 Å². The van der Waals surface area contributed by atoms with Gasteiger partial charge in [-0.15, -0.1) is 0 Å². The van der Waals surface area contributed by atoms with Crippen LogP contribution in [0.1, 0.15) is 11.1 Å². The molecule has 2 aromatic carbocycles. The number of hydrogen-bond donors (Lipinski definition) is 1. The van der Waals surface area contributed by atoms with E-state index in [1.165, 1.54) is 6.21 Å². The number of halogens is 3. The number of aliphatic imine (C=N–C) groups is 1. The molecule has 0 fully saturated rings. The van der Waals surface area contributed by atoms with Crippen molar-refractivity contribution in [2.24, 2.45) is 4.99 Å². The molecule has 0 aliphatic carbocycles. The van der Waals surface area contributed by atoms with Gasteiger partial charge in [0.25, 0.3) is 0 Å². The van der Waals surface area contributed by atoms with Crippen LogP contribution in [-0.4, -0.2) is 11.3 Å². The van der Waals surface area contributed by atoms with Gasteiger partial charge in [-0.3, -0.25) is 4.99 Å². The highest BCUT2D eigenvalue weighted by Crippen LogP contribution is 2.29. The smallest absolute Gasteiger partial charge is 0.127 e. The van der Waals surface area contributed by atoms with Gasteiger partial charge in [0.05, 0.1) is 10.7 Å². The number of hydrogen-bond acceptors (Lipinski definition) is 2. The highest BCUT2D eigenvalue weighted by Gasteiger charge is 2.05. The lowest BCUT2D eigenvalue weighted by Crippen LogP contribution is -1.86. The predicted molar refractivity (Wildman–Crippen MR) is 81.6 cm³/mol. The molecule has 5 heteroatoms. The van der Waals surface area contributed by atoms with E-state index in [9.17, 15) is 5.11 Å². The molecule has 2 nitrogen and oxygen atoms in total. The van der Waals surface area contributed by atoms with Crippen molar-refractivity contribution in [3.63, 3.8) is 0 Å². The molecular weight excluding hydrogens is 305 g/mol. The second-order valence-electron chi connectivity index (χ2n) is 4.01. The predicted octanol–water partition coefficient (Wildman–Crippen LogP) is 5.41. The van der Waals surface area contributed by atoms with Crippen LogP contribution < -0.4 is 0 Å². The van der Waals surface area contributed by atoms with E-state index >= 15 is 0 Å². The Morgan fingerprint density at radius 2 is 1.79 bits per heavy atom. The minimum Gasteiger partial charge on any atom is -0.507 e. The van der Waals surface area contributed by atoms with Crippen molar-refractivity contribution in [2.45, 2.75) is 6.92 Å². The Labute approximate surface area is 126 Å². The first kappa shape index (κ1) is 14.2. The average Bonchev–Trinajstić information content (AvgIpc) is 2.33. The summed E-state index contributed by atoms with van der Waals surface area (Å²) in [4.78, 5) is 4.23. The van der Waals surface area contributed by atoms with E-state index in [4.69, 9.17) is 34.8 Å². The normalized spacial score (nSPS) is 11.2. The number of phenolic OH excluding ortho intramolecular Hbond substituents is 1. The van der Waals surface area contributed by atoms with E-state index < -0.39 is 0 Å². The van der Waals surface area contributed by atoms with Crippen LogP contribution in [0.3, 0.4) is 0 Å². The monoisotopic (exact) mass is 313 g/mol. The van der Waals surface area contributed by atoms with Crippen LogP contribution in [-0.2, 0) is 0 Å². The number of aryl methyl sites for hydroxylation is 1. The fraction of sp³-hybridized carbons (Fsp3) is 0.0714. The zero-order valence-electron chi connectivity index (χ0n) is 9.99. The Bertz CT molecular complexity index is 653. The Kier molecular flexibility index (Phi) is 4.35. The fourth-order valence-corrected chi connectivity index (χ4v) is 2.32. The van der Waals surface area contributed by atoms with Crippen LogP contribution >= 0.6 is 34.8 Å². The fourth-order valence-electron chi connectivity index (χ4n) is 1.58. The minimum atomic E-state index is 0.151. The van der Waals surface area contributed by atoms with Gasteiger partial charge in [-0.25, -0.2) is 0 Å². The number of aromatic hydroxyl groups is 1. The quantitative estimate of drug-likeness (QED) is 0.738. The van der Waals surface area contributed by atoms with Gasteiger partial charge in [-0.05, 0) is 42.8 Å². The van der Waals surface area contributed by atoms with E-state index in [1.54, 1.807) is 37.3 Å². The first-order chi connectivity index (χ1) is 8.97. The first-order valence-electron chi connectivity index (χ1n) is 5.45. The van der Waals surface area contributed by atoms with E-state index in [2.05, 4.69) is 4.99 Å². The molecule has 1 N–H and O–H groups in total. The molecule has 2 rings (SSSR count). The number of phenols is 1. The molecule has 0 spiro atoms. The molecule has 0 heterocycles. The van der Waals surface area contributed by atoms with Crippen LogP contribution in [0.4, 0.5) is 5.69 Å². The molecule has 0 saturated carbocycles. The highest BCUT2D eigenvalue weighted by atomic mass is 35.5. The second kappa shape index (κ2) is 5.83. The summed E-state index contributed by atoms with van der Waals surface area (Å²) < 4.78 is 0.